The van der Waals surface area contributed by atoms with Crippen LogP contribution in [0.4, 0.5) is 8.78 Å². The molecule has 0 radical (unpaired) electrons. The second-order valence-corrected chi connectivity index (χ2v) is 13.1. The molecule has 44 heavy (non-hydrogen) atoms. The summed E-state index contributed by atoms with van der Waals surface area (Å²) < 4.78 is 29.9. The minimum atomic E-state index is -0.203. The molecule has 2 aromatic heterocycles. The molecular formula is C38H35F2N3S. The number of halogens is 2. The molecule has 2 atom stereocenters. The molecule has 7 rings (SSSR count). The van der Waals surface area contributed by atoms with Crippen LogP contribution in [0.5, 0.6) is 0 Å². The van der Waals surface area contributed by atoms with Crippen LogP contribution < -0.4 is 5.32 Å². The van der Waals surface area contributed by atoms with E-state index in [0.29, 0.717) is 12.1 Å². The van der Waals surface area contributed by atoms with Gasteiger partial charge in [0.15, 0.2) is 5.13 Å². The fraction of sp³-hybridized carbons (Fsp3) is 0.237. The smallest absolute Gasteiger partial charge is 0.176 e. The van der Waals surface area contributed by atoms with Crippen LogP contribution in [0.3, 0.4) is 0 Å². The first-order chi connectivity index (χ1) is 21.4. The highest BCUT2D eigenvalue weighted by Gasteiger charge is 2.28. The van der Waals surface area contributed by atoms with Gasteiger partial charge in [0.25, 0.3) is 0 Å². The molecule has 0 aliphatic heterocycles. The van der Waals surface area contributed by atoms with E-state index in [0.717, 1.165) is 81.3 Å². The van der Waals surface area contributed by atoms with E-state index in [9.17, 15) is 4.39 Å². The molecule has 5 aromatic rings. The number of aromatic nitrogens is 2. The predicted molar refractivity (Wildman–Crippen MR) is 176 cm³/mol. The first-order valence-corrected chi connectivity index (χ1v) is 16.1. The second-order valence-electron chi connectivity index (χ2n) is 12.0. The minimum absolute atomic E-state index is 0.0100. The first kappa shape index (κ1) is 28.6. The first-order valence-electron chi connectivity index (χ1n) is 15.3. The monoisotopic (exact) mass is 603 g/mol. The number of rotatable bonds is 7. The highest BCUT2D eigenvalue weighted by molar-refractivity contribution is 7.10. The zero-order valence-corrected chi connectivity index (χ0v) is 25.8. The van der Waals surface area contributed by atoms with Gasteiger partial charge in [0.2, 0.25) is 0 Å². The predicted octanol–water partition coefficient (Wildman–Crippen LogP) is 9.59. The normalized spacial score (nSPS) is 17.6. The number of H-pyrrole nitrogens is 1. The van der Waals surface area contributed by atoms with Crippen molar-refractivity contribution in [2.24, 2.45) is 0 Å². The van der Waals surface area contributed by atoms with E-state index in [2.05, 4.69) is 72.7 Å². The molecule has 0 bridgehead atoms. The zero-order valence-electron chi connectivity index (χ0n) is 25.0. The van der Waals surface area contributed by atoms with Crippen molar-refractivity contribution >= 4 is 16.9 Å². The van der Waals surface area contributed by atoms with Gasteiger partial charge in [-0.25, -0.2) is 9.37 Å². The maximum atomic E-state index is 15.9. The van der Waals surface area contributed by atoms with Crippen LogP contribution in [0.1, 0.15) is 81.5 Å². The number of allylic oxidation sites excluding steroid dienone is 3. The molecule has 2 aliphatic rings. The van der Waals surface area contributed by atoms with Gasteiger partial charge >= 0.3 is 0 Å². The Kier molecular flexibility index (Phi) is 7.87. The fourth-order valence-corrected chi connectivity index (χ4v) is 7.43. The lowest BCUT2D eigenvalue weighted by molar-refractivity contribution is 0.623. The average Bonchev–Trinajstić information content (AvgIpc) is 3.59. The topological polar surface area (TPSA) is 40.7 Å². The molecule has 1 unspecified atom stereocenters. The number of aromatic amines is 1. The molecule has 6 heteroatoms. The molecule has 3 aromatic carbocycles. The number of fused-ring (bicyclic) bond motifs is 2. The summed E-state index contributed by atoms with van der Waals surface area (Å²) >= 11 is 1.19. The van der Waals surface area contributed by atoms with Crippen molar-refractivity contribution < 1.29 is 8.78 Å². The molecule has 3 nitrogen and oxygen atoms in total. The lowest BCUT2D eigenvalue weighted by atomic mass is 9.81. The number of imidazole rings is 1. The highest BCUT2D eigenvalue weighted by Crippen LogP contribution is 2.42. The van der Waals surface area contributed by atoms with Crippen molar-refractivity contribution in [2.75, 3.05) is 0 Å². The number of benzene rings is 3. The standard InChI is InChI=1S/C38H35F2N3S/c1-23-16-26(22-41-21-25-8-4-3-5-9-25)18-27(17-23)31-19-32-28(13-12-24(2)30(32)20-33(31)39)38-42-34-11-7-6-10-29(37(34)43-38)35-14-15-36(40)44-35/h3-9,13-20,24,29,41H,10-12,21-22H2,1-2H3,(H,42,43)/t24-,29?/m1/s1. The molecule has 0 saturated heterocycles. The summed E-state index contributed by atoms with van der Waals surface area (Å²) in [5.74, 6) is 0.805. The summed E-state index contributed by atoms with van der Waals surface area (Å²) in [6.07, 6.45) is 8.91. The Morgan fingerprint density at radius 1 is 0.909 bits per heavy atom. The Morgan fingerprint density at radius 2 is 1.75 bits per heavy atom. The maximum absolute atomic E-state index is 15.9. The quantitative estimate of drug-likeness (QED) is 0.182. The molecule has 222 valence electrons. The van der Waals surface area contributed by atoms with Crippen molar-refractivity contribution in [2.45, 2.75) is 58.0 Å². The van der Waals surface area contributed by atoms with Gasteiger partial charge in [0.1, 0.15) is 11.6 Å². The Bertz CT molecular complexity index is 1880. The Morgan fingerprint density at radius 3 is 2.57 bits per heavy atom. The minimum Gasteiger partial charge on any atom is -0.341 e. The zero-order chi connectivity index (χ0) is 30.2. The molecule has 2 heterocycles. The van der Waals surface area contributed by atoms with E-state index in [4.69, 9.17) is 4.98 Å². The van der Waals surface area contributed by atoms with Gasteiger partial charge in [-0.2, -0.15) is 4.39 Å². The highest BCUT2D eigenvalue weighted by atomic mass is 32.1. The van der Waals surface area contributed by atoms with E-state index in [1.54, 1.807) is 6.07 Å². The third kappa shape index (κ3) is 5.72. The van der Waals surface area contributed by atoms with Crippen molar-refractivity contribution in [1.82, 2.24) is 15.3 Å². The molecule has 2 N–H and O–H groups in total. The van der Waals surface area contributed by atoms with Gasteiger partial charge in [-0.1, -0.05) is 73.2 Å². The maximum Gasteiger partial charge on any atom is 0.176 e. The molecule has 2 aliphatic carbocycles. The van der Waals surface area contributed by atoms with Crippen LogP contribution in [0.15, 0.2) is 91.0 Å². The summed E-state index contributed by atoms with van der Waals surface area (Å²) in [6.45, 7) is 5.68. The average molecular weight is 604 g/mol. The van der Waals surface area contributed by atoms with Crippen LogP contribution in [-0.2, 0) is 19.5 Å². The van der Waals surface area contributed by atoms with Gasteiger partial charge in [-0.05, 0) is 83.8 Å². The van der Waals surface area contributed by atoms with Crippen LogP contribution in [0.2, 0.25) is 0 Å². The van der Waals surface area contributed by atoms with E-state index in [-0.39, 0.29) is 22.8 Å². The van der Waals surface area contributed by atoms with E-state index in [1.807, 2.05) is 30.3 Å². The molecule has 0 fully saturated rings. The molecular weight excluding hydrogens is 569 g/mol. The summed E-state index contributed by atoms with van der Waals surface area (Å²) in [7, 11) is 0. The number of nitrogens with one attached hydrogen (secondary N) is 2. The third-order valence-corrected chi connectivity index (χ3v) is 9.77. The van der Waals surface area contributed by atoms with Crippen LogP contribution in [0.25, 0.3) is 16.7 Å². The largest absolute Gasteiger partial charge is 0.341 e. The lowest BCUT2D eigenvalue weighted by Gasteiger charge is -2.24. The summed E-state index contributed by atoms with van der Waals surface area (Å²) in [4.78, 5) is 9.75. The second kappa shape index (κ2) is 12.1. The number of hydrogen-bond acceptors (Lipinski definition) is 3. The van der Waals surface area contributed by atoms with Gasteiger partial charge in [0, 0.05) is 47.1 Å². The van der Waals surface area contributed by atoms with Crippen LogP contribution >= 0.6 is 11.3 Å². The van der Waals surface area contributed by atoms with Gasteiger partial charge < -0.3 is 10.3 Å². The van der Waals surface area contributed by atoms with E-state index < -0.39 is 0 Å². The van der Waals surface area contributed by atoms with Gasteiger partial charge in [0.05, 0.1) is 5.69 Å². The molecule has 0 spiro atoms. The Balaban J connectivity index is 1.23. The number of nitrogens with zero attached hydrogens (tertiary/aromatic N) is 1. The van der Waals surface area contributed by atoms with Crippen LogP contribution in [-0.4, -0.2) is 9.97 Å². The van der Waals surface area contributed by atoms with Gasteiger partial charge in [-0.15, -0.1) is 11.3 Å². The molecule has 0 saturated carbocycles. The van der Waals surface area contributed by atoms with E-state index in [1.165, 1.54) is 23.0 Å². The van der Waals surface area contributed by atoms with Gasteiger partial charge in [-0.3, -0.25) is 0 Å². The fourth-order valence-electron chi connectivity index (χ4n) is 6.58. The lowest BCUT2D eigenvalue weighted by Crippen LogP contribution is -2.12. The van der Waals surface area contributed by atoms with E-state index >= 15 is 4.39 Å². The van der Waals surface area contributed by atoms with Crippen molar-refractivity contribution in [3.05, 3.63) is 152 Å². The summed E-state index contributed by atoms with van der Waals surface area (Å²) in [5.41, 5.74) is 9.98. The van der Waals surface area contributed by atoms with Crippen molar-refractivity contribution in [3.63, 3.8) is 0 Å². The van der Waals surface area contributed by atoms with Crippen molar-refractivity contribution in [1.29, 1.82) is 0 Å². The third-order valence-electron chi connectivity index (χ3n) is 8.78. The number of aryl methyl sites for hydroxylation is 1. The summed E-state index contributed by atoms with van der Waals surface area (Å²) in [5, 5.41) is 3.35. The van der Waals surface area contributed by atoms with Crippen molar-refractivity contribution in [3.8, 4) is 11.1 Å². The number of thiophene rings is 1. The number of hydrogen-bond donors (Lipinski definition) is 2. The SMILES string of the molecule is Cc1cc(CNCc2ccccc2)cc(-c2cc3c(cc2F)[C@H](C)CC=C3c2nc3c([nH]2)CC=CCC3c2ccc(F)s2)c1. The van der Waals surface area contributed by atoms with Crippen LogP contribution in [0, 0.1) is 17.9 Å². The summed E-state index contributed by atoms with van der Waals surface area (Å²) in [6, 6.07) is 23.8. The Hall–Kier alpha value is -4.13. The Labute approximate surface area is 261 Å². The molecule has 0 amide bonds.